The fourth-order valence-electron chi connectivity index (χ4n) is 4.31. The average Bonchev–Trinajstić information content (AvgIpc) is 3.33. The maximum Gasteiger partial charge on any atom is 0.254 e. The van der Waals surface area contributed by atoms with Crippen LogP contribution in [0.5, 0.6) is 11.5 Å². The third-order valence-corrected chi connectivity index (χ3v) is 5.89. The van der Waals surface area contributed by atoms with Crippen LogP contribution in [0, 0.1) is 0 Å². The number of nitrogens with zero attached hydrogens (tertiary/aromatic N) is 1. The minimum Gasteiger partial charge on any atom is -0.486 e. The highest BCUT2D eigenvalue weighted by atomic mass is 16.6. The second-order valence-electron chi connectivity index (χ2n) is 7.83. The van der Waals surface area contributed by atoms with Gasteiger partial charge in [0.1, 0.15) is 13.2 Å². The van der Waals surface area contributed by atoms with Gasteiger partial charge in [0.15, 0.2) is 17.3 Å². The fraction of sp³-hybridized carbons (Fsp3) is 0.231. The summed E-state index contributed by atoms with van der Waals surface area (Å²) in [6.45, 7) is 1.81. The number of benzene rings is 3. The summed E-state index contributed by atoms with van der Waals surface area (Å²) in [6, 6.07) is 22.1. The Morgan fingerprint density at radius 2 is 1.45 bits per heavy atom. The average molecular weight is 413 g/mol. The molecule has 5 heteroatoms. The second kappa shape index (κ2) is 8.26. The third-order valence-electron chi connectivity index (χ3n) is 5.89. The molecule has 0 spiro atoms. The molecule has 3 aromatic carbocycles. The first-order chi connectivity index (χ1) is 15.2. The monoisotopic (exact) mass is 413 g/mol. The van der Waals surface area contributed by atoms with E-state index in [1.165, 1.54) is 0 Å². The zero-order chi connectivity index (χ0) is 21.2. The van der Waals surface area contributed by atoms with E-state index in [0.717, 1.165) is 29.9 Å². The van der Waals surface area contributed by atoms with Crippen LogP contribution in [0.1, 0.15) is 50.7 Å². The van der Waals surface area contributed by atoms with Gasteiger partial charge in [0.25, 0.3) is 5.91 Å². The Morgan fingerprint density at radius 1 is 0.774 bits per heavy atom. The molecule has 5 nitrogen and oxygen atoms in total. The lowest BCUT2D eigenvalue weighted by molar-refractivity contribution is 0.0734. The molecular formula is C26H23NO4. The van der Waals surface area contributed by atoms with Crippen LogP contribution in [0.3, 0.4) is 0 Å². The molecule has 5 rings (SSSR count). The number of carbonyl (C=O) groups is 2. The van der Waals surface area contributed by atoms with E-state index in [-0.39, 0.29) is 17.7 Å². The Hall–Kier alpha value is -3.60. The maximum atomic E-state index is 13.3. The summed E-state index contributed by atoms with van der Waals surface area (Å²) in [6.07, 6.45) is 1.87. The Labute approximate surface area is 181 Å². The molecule has 0 aromatic heterocycles. The molecule has 3 aromatic rings. The summed E-state index contributed by atoms with van der Waals surface area (Å²) >= 11 is 0. The second-order valence-corrected chi connectivity index (χ2v) is 7.83. The van der Waals surface area contributed by atoms with Gasteiger partial charge in [-0.15, -0.1) is 0 Å². The SMILES string of the molecule is O=C(c1ccccc1)c1ccc(C(=O)N2CCC[C@@H]2c2ccc3c(c2)OCCO3)cc1. The number of rotatable bonds is 4. The molecule has 31 heavy (non-hydrogen) atoms. The maximum absolute atomic E-state index is 13.3. The van der Waals surface area contributed by atoms with Crippen LogP contribution < -0.4 is 9.47 Å². The molecule has 0 unspecified atom stereocenters. The van der Waals surface area contributed by atoms with Crippen LogP contribution in [0.25, 0.3) is 0 Å². The van der Waals surface area contributed by atoms with Crippen LogP contribution in [-0.2, 0) is 0 Å². The first-order valence-electron chi connectivity index (χ1n) is 10.6. The molecule has 156 valence electrons. The highest BCUT2D eigenvalue weighted by molar-refractivity contribution is 6.09. The van der Waals surface area contributed by atoms with Crippen molar-refractivity contribution in [2.75, 3.05) is 19.8 Å². The Kier molecular flexibility index (Phi) is 5.16. The van der Waals surface area contributed by atoms with Crippen molar-refractivity contribution in [3.8, 4) is 11.5 Å². The van der Waals surface area contributed by atoms with Crippen LogP contribution in [-0.4, -0.2) is 36.3 Å². The van der Waals surface area contributed by atoms with E-state index in [2.05, 4.69) is 0 Å². The fourth-order valence-corrected chi connectivity index (χ4v) is 4.31. The minimum absolute atomic E-state index is 0.00829. The molecule has 2 aliphatic heterocycles. The molecule has 0 N–H and O–H groups in total. The number of ketones is 1. The van der Waals surface area contributed by atoms with E-state index in [1.54, 1.807) is 36.4 Å². The van der Waals surface area contributed by atoms with Crippen molar-refractivity contribution in [1.82, 2.24) is 4.90 Å². The summed E-state index contributed by atoms with van der Waals surface area (Å²) in [7, 11) is 0. The van der Waals surface area contributed by atoms with Gasteiger partial charge in [0.05, 0.1) is 6.04 Å². The molecule has 0 bridgehead atoms. The van der Waals surface area contributed by atoms with Crippen LogP contribution >= 0.6 is 0 Å². The molecule has 1 amide bonds. The van der Waals surface area contributed by atoms with Crippen molar-refractivity contribution in [3.05, 3.63) is 95.1 Å². The lowest BCUT2D eigenvalue weighted by Crippen LogP contribution is -2.30. The van der Waals surface area contributed by atoms with E-state index >= 15 is 0 Å². The standard InChI is InChI=1S/C26H23NO4/c28-25(18-5-2-1-3-6-18)19-8-10-20(11-9-19)26(29)27-14-4-7-22(27)21-12-13-23-24(17-21)31-16-15-30-23/h1-3,5-6,8-13,17,22H,4,7,14-16H2/t22-/m1/s1. The molecule has 0 aliphatic carbocycles. The quantitative estimate of drug-likeness (QED) is 0.584. The predicted octanol–water partition coefficient (Wildman–Crippen LogP) is 4.67. The van der Waals surface area contributed by atoms with Crippen molar-refractivity contribution in [1.29, 1.82) is 0 Å². The predicted molar refractivity (Wildman–Crippen MR) is 117 cm³/mol. The zero-order valence-electron chi connectivity index (χ0n) is 17.1. The summed E-state index contributed by atoms with van der Waals surface area (Å²) in [4.78, 5) is 27.8. The van der Waals surface area contributed by atoms with Gasteiger partial charge in [0.2, 0.25) is 0 Å². The highest BCUT2D eigenvalue weighted by Crippen LogP contribution is 2.38. The van der Waals surface area contributed by atoms with Gasteiger partial charge >= 0.3 is 0 Å². The van der Waals surface area contributed by atoms with Crippen LogP contribution in [0.4, 0.5) is 0 Å². The Balaban J connectivity index is 1.35. The Bertz CT molecular complexity index is 1110. The lowest BCUT2D eigenvalue weighted by Gasteiger charge is -2.27. The number of amides is 1. The molecule has 2 heterocycles. The molecule has 0 radical (unpaired) electrons. The van der Waals surface area contributed by atoms with Gasteiger partial charge in [-0.05, 0) is 42.7 Å². The van der Waals surface area contributed by atoms with Crippen molar-refractivity contribution in [2.45, 2.75) is 18.9 Å². The summed E-state index contributed by atoms with van der Waals surface area (Å²) in [5.74, 6) is 1.43. The van der Waals surface area contributed by atoms with Crippen molar-refractivity contribution < 1.29 is 19.1 Å². The number of ether oxygens (including phenoxy) is 2. The molecule has 1 saturated heterocycles. The smallest absolute Gasteiger partial charge is 0.254 e. The summed E-state index contributed by atoms with van der Waals surface area (Å²) < 4.78 is 11.3. The van der Waals surface area contributed by atoms with Crippen molar-refractivity contribution in [2.24, 2.45) is 0 Å². The molecule has 0 saturated carbocycles. The topological polar surface area (TPSA) is 55.8 Å². The van der Waals surface area contributed by atoms with Gasteiger partial charge < -0.3 is 14.4 Å². The summed E-state index contributed by atoms with van der Waals surface area (Å²) in [5.41, 5.74) is 2.87. The van der Waals surface area contributed by atoms with Crippen molar-refractivity contribution >= 4 is 11.7 Å². The third kappa shape index (κ3) is 3.79. The normalized spacial score (nSPS) is 17.4. The zero-order valence-corrected chi connectivity index (χ0v) is 17.1. The molecule has 1 atom stereocenters. The Morgan fingerprint density at radius 3 is 2.23 bits per heavy atom. The largest absolute Gasteiger partial charge is 0.486 e. The number of likely N-dealkylation sites (tertiary alicyclic amines) is 1. The van der Waals surface area contributed by atoms with Gasteiger partial charge in [-0.2, -0.15) is 0 Å². The van der Waals surface area contributed by atoms with Crippen molar-refractivity contribution in [3.63, 3.8) is 0 Å². The summed E-state index contributed by atoms with van der Waals surface area (Å²) in [5, 5.41) is 0. The molecular weight excluding hydrogens is 390 g/mol. The van der Waals surface area contributed by atoms with E-state index in [0.29, 0.717) is 36.4 Å². The van der Waals surface area contributed by atoms with Gasteiger partial charge in [-0.1, -0.05) is 48.5 Å². The lowest BCUT2D eigenvalue weighted by atomic mass is 10.0. The first kappa shape index (κ1) is 19.4. The van der Waals surface area contributed by atoms with Gasteiger partial charge in [-0.3, -0.25) is 9.59 Å². The number of hydrogen-bond donors (Lipinski definition) is 0. The number of fused-ring (bicyclic) bond motifs is 1. The van der Waals surface area contributed by atoms with Crippen LogP contribution in [0.15, 0.2) is 72.8 Å². The minimum atomic E-state index is -0.0464. The number of carbonyl (C=O) groups excluding carboxylic acids is 2. The molecule has 2 aliphatic rings. The first-order valence-corrected chi connectivity index (χ1v) is 10.6. The van der Waals surface area contributed by atoms with E-state index < -0.39 is 0 Å². The van der Waals surface area contributed by atoms with Gasteiger partial charge in [-0.25, -0.2) is 0 Å². The van der Waals surface area contributed by atoms with E-state index in [9.17, 15) is 9.59 Å². The van der Waals surface area contributed by atoms with E-state index in [4.69, 9.17) is 9.47 Å². The molecule has 1 fully saturated rings. The van der Waals surface area contributed by atoms with Gasteiger partial charge in [0, 0.05) is 23.2 Å². The van der Waals surface area contributed by atoms with E-state index in [1.807, 2.05) is 41.3 Å². The highest BCUT2D eigenvalue weighted by Gasteiger charge is 2.31. The van der Waals surface area contributed by atoms with Crippen LogP contribution in [0.2, 0.25) is 0 Å². The number of hydrogen-bond acceptors (Lipinski definition) is 4.